The summed E-state index contributed by atoms with van der Waals surface area (Å²) in [6.07, 6.45) is 1.41. The molecule has 0 aliphatic carbocycles. The predicted molar refractivity (Wildman–Crippen MR) is 77.7 cm³/mol. The molecule has 0 aliphatic heterocycles. The second kappa shape index (κ2) is 7.88. The van der Waals surface area contributed by atoms with E-state index in [2.05, 4.69) is 5.32 Å². The van der Waals surface area contributed by atoms with Crippen LogP contribution in [0.5, 0.6) is 0 Å². The number of nitrogens with zero attached hydrogens (tertiary/aromatic N) is 2. The number of nitro groups is 2. The van der Waals surface area contributed by atoms with Gasteiger partial charge in [-0.2, -0.15) is 0 Å². The Morgan fingerprint density at radius 3 is 2.50 bits per heavy atom. The number of rotatable bonds is 9. The zero-order valence-corrected chi connectivity index (χ0v) is 11.6. The average molecular weight is 312 g/mol. The van der Waals surface area contributed by atoms with E-state index in [0.29, 0.717) is 25.8 Å². The summed E-state index contributed by atoms with van der Waals surface area (Å²) >= 11 is 0. The Morgan fingerprint density at radius 2 is 1.95 bits per heavy atom. The number of hydrogen-bond donors (Lipinski definition) is 3. The molecule has 10 heteroatoms. The molecule has 0 amide bonds. The molecule has 1 aromatic carbocycles. The molecule has 0 saturated heterocycles. The molecule has 120 valence electrons. The molecule has 0 spiro atoms. The van der Waals surface area contributed by atoms with Gasteiger partial charge < -0.3 is 16.2 Å². The quantitative estimate of drug-likeness (QED) is 0.351. The van der Waals surface area contributed by atoms with Gasteiger partial charge in [0.1, 0.15) is 11.7 Å². The van der Waals surface area contributed by atoms with Gasteiger partial charge in [-0.15, -0.1) is 0 Å². The molecule has 0 aliphatic rings. The number of benzene rings is 1. The van der Waals surface area contributed by atoms with Crippen LogP contribution in [-0.2, 0) is 4.79 Å². The molecule has 1 rings (SSSR count). The third kappa shape index (κ3) is 4.98. The summed E-state index contributed by atoms with van der Waals surface area (Å²) in [5.74, 6) is -1.07. The number of aliphatic carboxylic acids is 1. The average Bonchev–Trinajstić information content (AvgIpc) is 2.46. The highest BCUT2D eigenvalue weighted by molar-refractivity contribution is 5.72. The lowest BCUT2D eigenvalue weighted by Crippen LogP contribution is -2.29. The summed E-state index contributed by atoms with van der Waals surface area (Å²) in [4.78, 5) is 30.6. The Bertz CT molecular complexity index is 577. The van der Waals surface area contributed by atoms with Crippen LogP contribution in [0.3, 0.4) is 0 Å². The minimum absolute atomic E-state index is 0.179. The van der Waals surface area contributed by atoms with Crippen LogP contribution >= 0.6 is 0 Å². The minimum atomic E-state index is -1.07. The van der Waals surface area contributed by atoms with E-state index >= 15 is 0 Å². The van der Waals surface area contributed by atoms with Gasteiger partial charge in [0.05, 0.1) is 15.9 Å². The Labute approximate surface area is 125 Å². The smallest absolute Gasteiger partial charge is 0.320 e. The van der Waals surface area contributed by atoms with Gasteiger partial charge in [0.25, 0.3) is 11.4 Å². The van der Waals surface area contributed by atoms with E-state index in [1.165, 1.54) is 12.1 Å². The fourth-order valence-electron chi connectivity index (χ4n) is 1.77. The van der Waals surface area contributed by atoms with Crippen LogP contribution in [0.4, 0.5) is 17.1 Å². The molecule has 0 aromatic heterocycles. The number of anilines is 1. The van der Waals surface area contributed by atoms with Crippen molar-refractivity contribution in [1.29, 1.82) is 0 Å². The van der Waals surface area contributed by atoms with Gasteiger partial charge in [0, 0.05) is 12.6 Å². The highest BCUT2D eigenvalue weighted by Crippen LogP contribution is 2.28. The number of unbranched alkanes of at least 4 members (excludes halogenated alkanes) is 1. The zero-order valence-electron chi connectivity index (χ0n) is 11.6. The molecule has 0 saturated carbocycles. The van der Waals surface area contributed by atoms with E-state index < -0.39 is 21.9 Å². The molecule has 0 fully saturated rings. The minimum Gasteiger partial charge on any atom is -0.480 e. The Balaban J connectivity index is 2.57. The first-order valence-corrected chi connectivity index (χ1v) is 6.48. The van der Waals surface area contributed by atoms with Gasteiger partial charge in [-0.25, -0.2) is 0 Å². The maximum absolute atomic E-state index is 10.9. The molecule has 0 radical (unpaired) electrons. The number of carboxylic acids is 1. The van der Waals surface area contributed by atoms with Crippen LogP contribution in [0, 0.1) is 20.2 Å². The van der Waals surface area contributed by atoms with Gasteiger partial charge in [-0.1, -0.05) is 0 Å². The molecule has 0 heterocycles. The third-order valence-electron chi connectivity index (χ3n) is 2.96. The van der Waals surface area contributed by atoms with Crippen LogP contribution in [0.1, 0.15) is 19.3 Å². The summed E-state index contributed by atoms with van der Waals surface area (Å²) in [6.45, 7) is 0.366. The van der Waals surface area contributed by atoms with E-state index in [4.69, 9.17) is 10.8 Å². The monoisotopic (exact) mass is 312 g/mol. The molecule has 1 aromatic rings. The van der Waals surface area contributed by atoms with E-state index in [1.54, 1.807) is 0 Å². The molecule has 0 bridgehead atoms. The maximum Gasteiger partial charge on any atom is 0.320 e. The summed E-state index contributed by atoms with van der Waals surface area (Å²) in [5.41, 5.74) is 4.79. The SMILES string of the molecule is NC(CCCCNc1ccc([N+](=O)[O-])cc1[N+](=O)[O-])C(=O)O. The van der Waals surface area contributed by atoms with Crippen molar-refractivity contribution in [2.75, 3.05) is 11.9 Å². The normalized spacial score (nSPS) is 11.7. The van der Waals surface area contributed by atoms with E-state index in [-0.39, 0.29) is 17.1 Å². The van der Waals surface area contributed by atoms with Gasteiger partial charge in [-0.3, -0.25) is 25.0 Å². The van der Waals surface area contributed by atoms with Crippen molar-refractivity contribution in [1.82, 2.24) is 0 Å². The first-order valence-electron chi connectivity index (χ1n) is 6.48. The summed E-state index contributed by atoms with van der Waals surface area (Å²) < 4.78 is 0. The second-order valence-electron chi connectivity index (χ2n) is 4.58. The van der Waals surface area contributed by atoms with E-state index in [0.717, 1.165) is 6.07 Å². The van der Waals surface area contributed by atoms with Crippen molar-refractivity contribution in [3.05, 3.63) is 38.4 Å². The second-order valence-corrected chi connectivity index (χ2v) is 4.58. The number of nitrogens with one attached hydrogen (secondary N) is 1. The van der Waals surface area contributed by atoms with Gasteiger partial charge in [0.2, 0.25) is 0 Å². The Morgan fingerprint density at radius 1 is 1.27 bits per heavy atom. The highest BCUT2D eigenvalue weighted by Gasteiger charge is 2.19. The standard InChI is InChI=1S/C12H16N4O6/c13-9(12(17)18)3-1-2-6-14-10-5-4-8(15(19)20)7-11(10)16(21)22/h4-5,7,9,14H,1-3,6,13H2,(H,17,18). The first-order chi connectivity index (χ1) is 10.3. The van der Waals surface area contributed by atoms with Crippen LogP contribution in [-0.4, -0.2) is 33.5 Å². The topological polar surface area (TPSA) is 162 Å². The Hall–Kier alpha value is -2.75. The molecular weight excluding hydrogens is 296 g/mol. The third-order valence-corrected chi connectivity index (χ3v) is 2.96. The number of nitro benzene ring substituents is 2. The largest absolute Gasteiger partial charge is 0.480 e. The fourth-order valence-corrected chi connectivity index (χ4v) is 1.77. The van der Waals surface area contributed by atoms with Crippen molar-refractivity contribution in [3.63, 3.8) is 0 Å². The van der Waals surface area contributed by atoms with Crippen molar-refractivity contribution in [2.24, 2.45) is 5.73 Å². The number of carbonyl (C=O) groups is 1. The van der Waals surface area contributed by atoms with Crippen molar-refractivity contribution < 1.29 is 19.7 Å². The molecule has 1 unspecified atom stereocenters. The van der Waals surface area contributed by atoms with Crippen LogP contribution in [0.15, 0.2) is 18.2 Å². The Kier molecular flexibility index (Phi) is 6.20. The van der Waals surface area contributed by atoms with Gasteiger partial charge in [-0.05, 0) is 25.3 Å². The number of carboxylic acid groups (broad SMARTS) is 1. The van der Waals surface area contributed by atoms with E-state index in [1.807, 2.05) is 0 Å². The molecule has 4 N–H and O–H groups in total. The predicted octanol–water partition coefficient (Wildman–Crippen LogP) is 1.50. The first kappa shape index (κ1) is 17.3. The number of nitrogens with two attached hydrogens (primary N) is 1. The summed E-state index contributed by atoms with van der Waals surface area (Å²) in [5, 5.41) is 32.9. The van der Waals surface area contributed by atoms with Crippen molar-refractivity contribution in [2.45, 2.75) is 25.3 Å². The highest BCUT2D eigenvalue weighted by atomic mass is 16.6. The maximum atomic E-state index is 10.9. The molecule has 22 heavy (non-hydrogen) atoms. The molecule has 10 nitrogen and oxygen atoms in total. The number of hydrogen-bond acceptors (Lipinski definition) is 7. The lowest BCUT2D eigenvalue weighted by Gasteiger charge is -2.08. The summed E-state index contributed by atoms with van der Waals surface area (Å²) in [7, 11) is 0. The lowest BCUT2D eigenvalue weighted by molar-refractivity contribution is -0.393. The fraction of sp³-hybridized carbons (Fsp3) is 0.417. The zero-order chi connectivity index (χ0) is 16.7. The van der Waals surface area contributed by atoms with Crippen LogP contribution in [0.25, 0.3) is 0 Å². The van der Waals surface area contributed by atoms with Crippen LogP contribution < -0.4 is 11.1 Å². The number of non-ortho nitro benzene ring substituents is 1. The van der Waals surface area contributed by atoms with Crippen molar-refractivity contribution >= 4 is 23.0 Å². The van der Waals surface area contributed by atoms with Crippen LogP contribution in [0.2, 0.25) is 0 Å². The summed E-state index contributed by atoms with van der Waals surface area (Å²) in [6, 6.07) is 2.42. The molecular formula is C12H16N4O6. The van der Waals surface area contributed by atoms with E-state index in [9.17, 15) is 25.0 Å². The van der Waals surface area contributed by atoms with Gasteiger partial charge >= 0.3 is 5.97 Å². The van der Waals surface area contributed by atoms with Gasteiger partial charge in [0.15, 0.2) is 0 Å². The molecule has 1 atom stereocenters. The lowest BCUT2D eigenvalue weighted by atomic mass is 10.1. The van der Waals surface area contributed by atoms with Crippen molar-refractivity contribution in [3.8, 4) is 0 Å².